The van der Waals surface area contributed by atoms with Crippen molar-refractivity contribution in [3.8, 4) is 0 Å². The zero-order valence-electron chi connectivity index (χ0n) is 18.3. The van der Waals surface area contributed by atoms with Gasteiger partial charge in [-0.1, -0.05) is 18.2 Å². The number of carbonyl (C=O) groups excluding carboxylic acids is 1. The number of nitrogens with zero attached hydrogens (tertiary/aromatic N) is 3. The molecule has 1 saturated heterocycles. The highest BCUT2D eigenvalue weighted by Gasteiger charge is 2.30. The monoisotopic (exact) mass is 454 g/mol. The molecule has 8 heteroatoms. The van der Waals surface area contributed by atoms with Gasteiger partial charge in [0.25, 0.3) is 5.91 Å². The van der Waals surface area contributed by atoms with Gasteiger partial charge in [-0.05, 0) is 73.8 Å². The number of halogens is 3. The van der Waals surface area contributed by atoms with Crippen LogP contribution >= 0.6 is 0 Å². The van der Waals surface area contributed by atoms with Gasteiger partial charge in [0, 0.05) is 30.4 Å². The minimum atomic E-state index is -4.38. The third-order valence-corrected chi connectivity index (χ3v) is 5.68. The molecular weight excluding hydrogens is 429 g/mol. The van der Waals surface area contributed by atoms with Gasteiger partial charge in [0.15, 0.2) is 0 Å². The molecule has 33 heavy (non-hydrogen) atoms. The molecule has 1 aromatic heterocycles. The molecule has 5 nitrogen and oxygen atoms in total. The van der Waals surface area contributed by atoms with E-state index in [1.807, 2.05) is 31.3 Å². The van der Waals surface area contributed by atoms with E-state index in [4.69, 9.17) is 0 Å². The van der Waals surface area contributed by atoms with E-state index in [2.05, 4.69) is 10.4 Å². The Morgan fingerprint density at radius 1 is 1.03 bits per heavy atom. The molecule has 2 aliphatic rings. The first-order valence-corrected chi connectivity index (χ1v) is 10.8. The summed E-state index contributed by atoms with van der Waals surface area (Å²) in [7, 11) is 1.85. The third kappa shape index (κ3) is 5.34. The standard InChI is InChI=1S/C21H16F3N3O.C4H9N/c1-26-19-9-8-18(11-16(19)13-25-26)27-10-2-3-15(12-20(27)28)14-4-6-17(7-5-14)21(22,23)24;1-2-4-5-3-1/h2,4-13H,3H2,1H3;5H,1-4H2. The summed E-state index contributed by atoms with van der Waals surface area (Å²) in [6.45, 7) is 2.50. The normalized spacial score (nSPS) is 16.4. The lowest BCUT2D eigenvalue weighted by atomic mass is 10.0. The van der Waals surface area contributed by atoms with Crippen molar-refractivity contribution in [2.45, 2.75) is 25.4 Å². The fourth-order valence-electron chi connectivity index (χ4n) is 3.85. The first-order chi connectivity index (χ1) is 15.8. The average Bonchev–Trinajstić information content (AvgIpc) is 3.45. The van der Waals surface area contributed by atoms with Crippen molar-refractivity contribution in [2.75, 3.05) is 18.0 Å². The van der Waals surface area contributed by atoms with Crippen molar-refractivity contribution in [2.24, 2.45) is 7.05 Å². The summed E-state index contributed by atoms with van der Waals surface area (Å²) in [6.07, 6.45) is 5.55. The highest BCUT2D eigenvalue weighted by molar-refractivity contribution is 6.08. The predicted octanol–water partition coefficient (Wildman–Crippen LogP) is 5.30. The molecule has 0 bridgehead atoms. The molecular formula is C25H25F3N4O. The zero-order chi connectivity index (χ0) is 23.4. The number of fused-ring (bicyclic) bond motifs is 1. The molecule has 0 radical (unpaired) electrons. The van der Waals surface area contributed by atoms with Crippen molar-refractivity contribution < 1.29 is 18.0 Å². The lowest BCUT2D eigenvalue weighted by molar-refractivity contribution is -0.137. The van der Waals surface area contributed by atoms with Crippen molar-refractivity contribution in [1.82, 2.24) is 15.1 Å². The number of rotatable bonds is 2. The maximum atomic E-state index is 12.8. The third-order valence-electron chi connectivity index (χ3n) is 5.68. The van der Waals surface area contributed by atoms with Gasteiger partial charge < -0.3 is 5.32 Å². The molecule has 0 atom stereocenters. The number of aromatic nitrogens is 2. The number of hydrogen-bond donors (Lipinski definition) is 1. The second kappa shape index (κ2) is 9.62. The van der Waals surface area contributed by atoms with Gasteiger partial charge in [0.2, 0.25) is 0 Å². The molecule has 0 spiro atoms. The maximum absolute atomic E-state index is 12.8. The predicted molar refractivity (Wildman–Crippen MR) is 123 cm³/mol. The minimum absolute atomic E-state index is 0.258. The Morgan fingerprint density at radius 3 is 2.39 bits per heavy atom. The molecule has 1 amide bonds. The first kappa shape index (κ1) is 22.8. The second-order valence-electron chi connectivity index (χ2n) is 8.01. The van der Waals surface area contributed by atoms with Gasteiger partial charge in [0.1, 0.15) is 0 Å². The summed E-state index contributed by atoms with van der Waals surface area (Å²) in [5.41, 5.74) is 2.21. The number of benzene rings is 2. The van der Waals surface area contributed by atoms with E-state index in [0.29, 0.717) is 23.2 Å². The van der Waals surface area contributed by atoms with E-state index in [1.165, 1.54) is 49.0 Å². The molecule has 0 saturated carbocycles. The minimum Gasteiger partial charge on any atom is -0.317 e. The molecule has 3 heterocycles. The van der Waals surface area contributed by atoms with Crippen LogP contribution < -0.4 is 10.2 Å². The van der Waals surface area contributed by atoms with Gasteiger partial charge in [-0.15, -0.1) is 0 Å². The lowest BCUT2D eigenvalue weighted by Gasteiger charge is -2.16. The van der Waals surface area contributed by atoms with Crippen molar-refractivity contribution in [3.05, 3.63) is 78.1 Å². The molecule has 5 rings (SSSR count). The Bertz CT molecular complexity index is 1180. The number of aryl methyl sites for hydroxylation is 1. The van der Waals surface area contributed by atoms with E-state index in [1.54, 1.807) is 17.1 Å². The van der Waals surface area contributed by atoms with Gasteiger partial charge >= 0.3 is 6.18 Å². The second-order valence-corrected chi connectivity index (χ2v) is 8.01. The summed E-state index contributed by atoms with van der Waals surface area (Å²) in [5.74, 6) is -0.258. The Balaban J connectivity index is 0.000000459. The molecule has 2 aromatic carbocycles. The number of anilines is 1. The van der Waals surface area contributed by atoms with Crippen LogP contribution in [-0.4, -0.2) is 28.8 Å². The average molecular weight is 454 g/mol. The van der Waals surface area contributed by atoms with Gasteiger partial charge in [-0.25, -0.2) is 0 Å². The summed E-state index contributed by atoms with van der Waals surface area (Å²) in [6, 6.07) is 10.5. The molecule has 1 fully saturated rings. The topological polar surface area (TPSA) is 50.2 Å². The van der Waals surface area contributed by atoms with Crippen LogP contribution in [0.2, 0.25) is 0 Å². The molecule has 3 aromatic rings. The van der Waals surface area contributed by atoms with Gasteiger partial charge in [-0.3, -0.25) is 14.4 Å². The molecule has 1 N–H and O–H groups in total. The molecule has 172 valence electrons. The van der Waals surface area contributed by atoms with Crippen LogP contribution in [0.25, 0.3) is 16.5 Å². The van der Waals surface area contributed by atoms with Crippen LogP contribution in [0.4, 0.5) is 18.9 Å². The van der Waals surface area contributed by atoms with E-state index in [9.17, 15) is 18.0 Å². The lowest BCUT2D eigenvalue weighted by Crippen LogP contribution is -2.22. The van der Waals surface area contributed by atoms with Crippen LogP contribution in [0.5, 0.6) is 0 Å². The summed E-state index contributed by atoms with van der Waals surface area (Å²) in [5, 5.41) is 8.34. The number of amides is 1. The quantitative estimate of drug-likeness (QED) is 0.572. The number of alkyl halides is 3. The number of hydrogen-bond acceptors (Lipinski definition) is 3. The fraction of sp³-hybridized carbons (Fsp3) is 0.280. The van der Waals surface area contributed by atoms with Gasteiger partial charge in [-0.2, -0.15) is 18.3 Å². The number of allylic oxidation sites excluding steroid dienone is 2. The van der Waals surface area contributed by atoms with Crippen LogP contribution in [0.1, 0.15) is 30.4 Å². The van der Waals surface area contributed by atoms with Crippen LogP contribution in [-0.2, 0) is 18.0 Å². The van der Waals surface area contributed by atoms with Crippen molar-refractivity contribution in [1.29, 1.82) is 0 Å². The van der Waals surface area contributed by atoms with E-state index >= 15 is 0 Å². The Kier molecular flexibility index (Phi) is 6.65. The van der Waals surface area contributed by atoms with Crippen LogP contribution in [0, 0.1) is 0 Å². The van der Waals surface area contributed by atoms with E-state index < -0.39 is 11.7 Å². The van der Waals surface area contributed by atoms with Gasteiger partial charge in [0.05, 0.1) is 17.3 Å². The highest BCUT2D eigenvalue weighted by atomic mass is 19.4. The van der Waals surface area contributed by atoms with Crippen molar-refractivity contribution >= 4 is 28.1 Å². The molecule has 2 aliphatic heterocycles. The Labute approximate surface area is 190 Å². The highest BCUT2D eigenvalue weighted by Crippen LogP contribution is 2.31. The van der Waals surface area contributed by atoms with Crippen molar-refractivity contribution in [3.63, 3.8) is 0 Å². The van der Waals surface area contributed by atoms with E-state index in [-0.39, 0.29) is 5.91 Å². The summed E-state index contributed by atoms with van der Waals surface area (Å²) >= 11 is 0. The Hall–Kier alpha value is -3.39. The van der Waals surface area contributed by atoms with Crippen LogP contribution in [0.15, 0.2) is 67.0 Å². The zero-order valence-corrected chi connectivity index (χ0v) is 18.3. The largest absolute Gasteiger partial charge is 0.416 e. The number of carbonyl (C=O) groups is 1. The maximum Gasteiger partial charge on any atom is 0.416 e. The summed E-state index contributed by atoms with van der Waals surface area (Å²) in [4.78, 5) is 14.3. The first-order valence-electron chi connectivity index (χ1n) is 10.8. The summed E-state index contributed by atoms with van der Waals surface area (Å²) < 4.78 is 40.0. The van der Waals surface area contributed by atoms with E-state index in [0.717, 1.165) is 23.0 Å². The Morgan fingerprint density at radius 2 is 1.76 bits per heavy atom. The smallest absolute Gasteiger partial charge is 0.317 e. The van der Waals surface area contributed by atoms with Crippen LogP contribution in [0.3, 0.4) is 0 Å². The molecule has 0 unspecified atom stereocenters. The number of nitrogens with one attached hydrogen (secondary N) is 1. The molecule has 0 aliphatic carbocycles. The SMILES string of the molecule is C1CCNC1.Cn1ncc2cc(N3C=CCC(c4ccc(C(F)(F)F)cc4)=CC3=O)ccc21. The fourth-order valence-corrected chi connectivity index (χ4v) is 3.85.